The number of aliphatic hydroxyl groups is 1. The minimum Gasteiger partial charge on any atom is -0.490 e. The van der Waals surface area contributed by atoms with E-state index in [0.717, 1.165) is 53.5 Å². The van der Waals surface area contributed by atoms with E-state index >= 15 is 0 Å². The molecule has 0 heterocycles. The minimum atomic E-state index is -0.904. The number of ether oxygens (including phenoxy) is 5. The number of rotatable bonds is 18. The molecule has 1 atom stereocenters. The lowest BCUT2D eigenvalue weighted by molar-refractivity contribution is 0.0272. The van der Waals surface area contributed by atoms with E-state index in [0.29, 0.717) is 49.9 Å². The zero-order chi connectivity index (χ0) is 35.8. The number of halogens is 2. The summed E-state index contributed by atoms with van der Waals surface area (Å²) in [5.41, 5.74) is 7.88. The van der Waals surface area contributed by atoms with Gasteiger partial charge in [-0.05, 0) is 108 Å². The van der Waals surface area contributed by atoms with Gasteiger partial charge in [0.25, 0.3) is 0 Å². The molecule has 50 heavy (non-hydrogen) atoms. The van der Waals surface area contributed by atoms with E-state index < -0.39 is 5.41 Å². The molecule has 0 spiro atoms. The van der Waals surface area contributed by atoms with Gasteiger partial charge in [-0.1, -0.05) is 56.1 Å². The Kier molecular flexibility index (Phi) is 13.2. The van der Waals surface area contributed by atoms with Crippen molar-refractivity contribution in [3.05, 3.63) is 120 Å². The van der Waals surface area contributed by atoms with Gasteiger partial charge in [-0.2, -0.15) is 0 Å². The first-order valence-corrected chi connectivity index (χ1v) is 18.1. The molecule has 264 valence electrons. The van der Waals surface area contributed by atoms with Crippen LogP contribution in [0.15, 0.2) is 75.7 Å². The van der Waals surface area contributed by atoms with E-state index in [4.69, 9.17) is 28.8 Å². The first-order chi connectivity index (χ1) is 24.1. The van der Waals surface area contributed by atoms with Crippen molar-refractivity contribution in [2.75, 3.05) is 60.0 Å². The highest BCUT2D eigenvalue weighted by atomic mass is 79.9. The second-order valence-electron chi connectivity index (χ2n) is 12.1. The van der Waals surface area contributed by atoms with Crippen LogP contribution in [0, 0.1) is 6.92 Å². The van der Waals surface area contributed by atoms with Gasteiger partial charge in [-0.25, -0.2) is 0 Å². The topological polar surface area (TPSA) is 101 Å². The Balaban J connectivity index is 1.69. The summed E-state index contributed by atoms with van der Waals surface area (Å²) in [5, 5.41) is 8.97. The van der Waals surface area contributed by atoms with Crippen LogP contribution in [0.25, 0.3) is 11.1 Å². The number of carbonyl (C=O) groups is 2. The fourth-order valence-corrected chi connectivity index (χ4v) is 7.26. The van der Waals surface area contributed by atoms with Gasteiger partial charge < -0.3 is 28.8 Å². The van der Waals surface area contributed by atoms with Gasteiger partial charge in [-0.15, -0.1) is 0 Å². The Bertz CT molecular complexity index is 1780. The summed E-state index contributed by atoms with van der Waals surface area (Å²) < 4.78 is 29.8. The largest absolute Gasteiger partial charge is 0.490 e. The quantitative estimate of drug-likeness (QED) is 0.0706. The molecule has 0 aromatic heterocycles. The summed E-state index contributed by atoms with van der Waals surface area (Å²) >= 11 is 7.55. The number of ketones is 2. The highest BCUT2D eigenvalue weighted by Crippen LogP contribution is 2.58. The lowest BCUT2D eigenvalue weighted by atomic mass is 9.66. The van der Waals surface area contributed by atoms with Gasteiger partial charge in [-0.3, -0.25) is 9.59 Å². The number of hydrogen-bond acceptors (Lipinski definition) is 8. The molecule has 10 heteroatoms. The Morgan fingerprint density at radius 2 is 1.34 bits per heavy atom. The fourth-order valence-electron chi connectivity index (χ4n) is 6.56. The molecule has 5 rings (SSSR count). The number of aryl methyl sites for hydroxylation is 1. The van der Waals surface area contributed by atoms with Crippen LogP contribution < -0.4 is 4.74 Å². The maximum atomic E-state index is 13.3. The zero-order valence-electron chi connectivity index (χ0n) is 28.8. The first kappa shape index (κ1) is 38.0. The molecule has 0 aliphatic heterocycles. The van der Waals surface area contributed by atoms with Gasteiger partial charge in [0.15, 0.2) is 11.6 Å². The summed E-state index contributed by atoms with van der Waals surface area (Å²) in [6.07, 6.45) is 0. The predicted octanol–water partition coefficient (Wildman–Crippen LogP) is 7.86. The monoisotopic (exact) mass is 808 g/mol. The summed E-state index contributed by atoms with van der Waals surface area (Å²) in [5.74, 6) is 0.259. The standard InChI is InChI=1S/C40H42Br2O8/c1-25-19-35-32-9-8-31(41)22-36(32)40(37(35)23-38(25)42,29-6-5-28(33(20-29)26(2)44)24-49-16-15-47-12-11-43)30-7-10-39(34(21-30)27(3)45)50-18-17-48-14-13-46-4/h5-10,19-23,43H,11-18,24H2,1-4H3. The molecule has 0 fully saturated rings. The smallest absolute Gasteiger partial charge is 0.163 e. The van der Waals surface area contributed by atoms with E-state index in [1.807, 2.05) is 36.4 Å². The SMILES string of the molecule is COCCOCCOc1ccc(C2(c3ccc(COCCOCCO)c(C(C)=O)c3)c3cc(Br)ccc3-c3cc(C)c(Br)cc32)cc1C(C)=O. The molecule has 0 saturated carbocycles. The van der Waals surface area contributed by atoms with Crippen LogP contribution in [0.5, 0.6) is 5.75 Å². The normalized spacial score (nSPS) is 14.8. The average Bonchev–Trinajstić information content (AvgIpc) is 3.36. The fraction of sp³-hybridized carbons (Fsp3) is 0.350. The van der Waals surface area contributed by atoms with Gasteiger partial charge in [0.2, 0.25) is 0 Å². The van der Waals surface area contributed by atoms with Crippen LogP contribution in [-0.4, -0.2) is 76.6 Å². The second kappa shape index (κ2) is 17.3. The Morgan fingerprint density at radius 3 is 2.06 bits per heavy atom. The number of methoxy groups -OCH3 is 1. The number of hydrogen-bond donors (Lipinski definition) is 1. The molecule has 8 nitrogen and oxygen atoms in total. The van der Waals surface area contributed by atoms with Crippen LogP contribution in [0.2, 0.25) is 0 Å². The van der Waals surface area contributed by atoms with Crippen molar-refractivity contribution in [1.29, 1.82) is 0 Å². The predicted molar refractivity (Wildman–Crippen MR) is 200 cm³/mol. The molecule has 4 aromatic carbocycles. The van der Waals surface area contributed by atoms with Gasteiger partial charge in [0, 0.05) is 21.6 Å². The minimum absolute atomic E-state index is 0.0510. The number of Topliss-reactive ketones (excluding diaryl/α,β-unsaturated/α-hetero) is 2. The lowest BCUT2D eigenvalue weighted by Gasteiger charge is -2.35. The number of aliphatic hydroxyl groups excluding tert-OH is 1. The average molecular weight is 811 g/mol. The van der Waals surface area contributed by atoms with Crippen LogP contribution in [-0.2, 0) is 31.0 Å². The summed E-state index contributed by atoms with van der Waals surface area (Å²) in [6.45, 7) is 7.83. The number of benzene rings is 4. The molecule has 1 aliphatic carbocycles. The van der Waals surface area contributed by atoms with E-state index in [2.05, 4.69) is 69.1 Å². The summed E-state index contributed by atoms with van der Waals surface area (Å²) in [7, 11) is 1.62. The third kappa shape index (κ3) is 7.97. The molecule has 1 aliphatic rings. The summed E-state index contributed by atoms with van der Waals surface area (Å²) in [4.78, 5) is 26.5. The third-order valence-corrected chi connectivity index (χ3v) is 10.2. The van der Waals surface area contributed by atoms with Gasteiger partial charge in [0.1, 0.15) is 12.4 Å². The Morgan fingerprint density at radius 1 is 0.700 bits per heavy atom. The van der Waals surface area contributed by atoms with Crippen molar-refractivity contribution in [3.8, 4) is 16.9 Å². The highest BCUT2D eigenvalue weighted by molar-refractivity contribution is 9.10. The van der Waals surface area contributed by atoms with E-state index in [-0.39, 0.29) is 38.0 Å². The van der Waals surface area contributed by atoms with Gasteiger partial charge >= 0.3 is 0 Å². The van der Waals surface area contributed by atoms with E-state index in [9.17, 15) is 9.59 Å². The molecule has 0 amide bonds. The van der Waals surface area contributed by atoms with Crippen molar-refractivity contribution in [2.45, 2.75) is 32.8 Å². The highest BCUT2D eigenvalue weighted by Gasteiger charge is 2.47. The first-order valence-electron chi connectivity index (χ1n) is 16.5. The molecule has 1 N–H and O–H groups in total. The number of carbonyl (C=O) groups excluding carboxylic acids is 2. The van der Waals surface area contributed by atoms with Crippen molar-refractivity contribution in [1.82, 2.24) is 0 Å². The summed E-state index contributed by atoms with van der Waals surface area (Å²) in [6, 6.07) is 22.4. The maximum absolute atomic E-state index is 13.3. The van der Waals surface area contributed by atoms with E-state index in [1.165, 1.54) is 6.92 Å². The van der Waals surface area contributed by atoms with Crippen molar-refractivity contribution < 1.29 is 38.4 Å². The molecule has 4 aromatic rings. The van der Waals surface area contributed by atoms with Crippen LogP contribution >= 0.6 is 31.9 Å². The van der Waals surface area contributed by atoms with Crippen LogP contribution in [0.1, 0.15) is 67.9 Å². The van der Waals surface area contributed by atoms with Crippen molar-refractivity contribution in [2.24, 2.45) is 0 Å². The molecule has 0 bridgehead atoms. The molecule has 0 radical (unpaired) electrons. The maximum Gasteiger partial charge on any atom is 0.163 e. The van der Waals surface area contributed by atoms with Crippen molar-refractivity contribution in [3.63, 3.8) is 0 Å². The van der Waals surface area contributed by atoms with E-state index in [1.54, 1.807) is 14.0 Å². The van der Waals surface area contributed by atoms with Crippen molar-refractivity contribution >= 4 is 43.4 Å². The molecule has 1 unspecified atom stereocenters. The zero-order valence-corrected chi connectivity index (χ0v) is 31.9. The third-order valence-electron chi connectivity index (χ3n) is 8.87. The Hall–Kier alpha value is -3.22. The number of fused-ring (bicyclic) bond motifs is 3. The molecule has 0 saturated heterocycles. The van der Waals surface area contributed by atoms with Crippen LogP contribution in [0.3, 0.4) is 0 Å². The second-order valence-corrected chi connectivity index (χ2v) is 13.9. The van der Waals surface area contributed by atoms with Crippen LogP contribution in [0.4, 0.5) is 0 Å². The lowest BCUT2D eigenvalue weighted by Crippen LogP contribution is -2.29. The molecular weight excluding hydrogens is 768 g/mol. The van der Waals surface area contributed by atoms with Gasteiger partial charge in [0.05, 0.1) is 63.8 Å². The Labute approximate surface area is 310 Å². The molecular formula is C40H42Br2O8.